The van der Waals surface area contributed by atoms with Crippen LogP contribution in [0.4, 0.5) is 4.39 Å². The minimum absolute atomic E-state index is 0.0260. The fraction of sp³-hybridized carbons (Fsp3) is 0.579. The van der Waals surface area contributed by atoms with Gasteiger partial charge in [0.15, 0.2) is 17.5 Å². The van der Waals surface area contributed by atoms with Gasteiger partial charge in [0, 0.05) is 25.6 Å². The number of guanidine groups is 1. The number of para-hydroxylation sites is 1. The van der Waals surface area contributed by atoms with Gasteiger partial charge in [0.05, 0.1) is 6.54 Å². The molecule has 0 fully saturated rings. The van der Waals surface area contributed by atoms with Crippen LogP contribution in [-0.4, -0.2) is 44.1 Å². The predicted octanol–water partition coefficient (Wildman–Crippen LogP) is 2.31. The lowest BCUT2D eigenvalue weighted by atomic mass is 10.2. The number of benzene rings is 1. The van der Waals surface area contributed by atoms with E-state index in [1.165, 1.54) is 6.07 Å². The number of nitrogens with zero attached hydrogens (tertiary/aromatic N) is 1. The molecule has 6 nitrogen and oxygen atoms in total. The lowest BCUT2D eigenvalue weighted by Gasteiger charge is -2.18. The van der Waals surface area contributed by atoms with Crippen LogP contribution in [0, 0.1) is 11.7 Å². The lowest BCUT2D eigenvalue weighted by Crippen LogP contribution is -2.42. The Kier molecular flexibility index (Phi) is 10.1. The Hall–Kier alpha value is -2.31. The zero-order valence-corrected chi connectivity index (χ0v) is 16.1. The Morgan fingerprint density at radius 3 is 2.46 bits per heavy atom. The third kappa shape index (κ3) is 8.18. The topological polar surface area (TPSA) is 74.8 Å². The highest BCUT2D eigenvalue weighted by Crippen LogP contribution is 2.18. The van der Waals surface area contributed by atoms with Crippen LogP contribution in [0.3, 0.4) is 0 Å². The summed E-state index contributed by atoms with van der Waals surface area (Å²) < 4.78 is 19.4. The van der Waals surface area contributed by atoms with Gasteiger partial charge >= 0.3 is 0 Å². The van der Waals surface area contributed by atoms with E-state index in [9.17, 15) is 9.18 Å². The highest BCUT2D eigenvalue weighted by atomic mass is 19.1. The van der Waals surface area contributed by atoms with Gasteiger partial charge in [-0.25, -0.2) is 9.38 Å². The van der Waals surface area contributed by atoms with E-state index in [4.69, 9.17) is 4.74 Å². The molecule has 1 amide bonds. The predicted molar refractivity (Wildman–Crippen MR) is 103 cm³/mol. The molecule has 0 radical (unpaired) electrons. The molecule has 26 heavy (non-hydrogen) atoms. The van der Waals surface area contributed by atoms with Crippen molar-refractivity contribution in [3.63, 3.8) is 0 Å². The van der Waals surface area contributed by atoms with Gasteiger partial charge in [-0.1, -0.05) is 32.9 Å². The summed E-state index contributed by atoms with van der Waals surface area (Å²) in [6.45, 7) is 9.87. The molecule has 0 saturated carbocycles. The minimum atomic E-state index is -0.374. The van der Waals surface area contributed by atoms with E-state index in [0.29, 0.717) is 32.0 Å². The zero-order valence-electron chi connectivity index (χ0n) is 16.1. The number of amides is 1. The van der Waals surface area contributed by atoms with Crippen molar-refractivity contribution in [2.24, 2.45) is 10.9 Å². The molecule has 1 rings (SSSR count). The number of rotatable bonds is 10. The number of ether oxygens (including phenoxy) is 1. The van der Waals surface area contributed by atoms with E-state index < -0.39 is 0 Å². The first kappa shape index (κ1) is 21.7. The summed E-state index contributed by atoms with van der Waals surface area (Å²) in [5.41, 5.74) is 0. The van der Waals surface area contributed by atoms with E-state index in [2.05, 4.69) is 20.9 Å². The monoisotopic (exact) mass is 366 g/mol. The van der Waals surface area contributed by atoms with Crippen molar-refractivity contribution in [1.82, 2.24) is 16.0 Å². The first-order chi connectivity index (χ1) is 12.5. The van der Waals surface area contributed by atoms with Gasteiger partial charge in [-0.2, -0.15) is 0 Å². The molecule has 7 heteroatoms. The number of halogens is 1. The second-order valence-corrected chi connectivity index (χ2v) is 6.17. The smallest absolute Gasteiger partial charge is 0.222 e. The van der Waals surface area contributed by atoms with E-state index in [1.807, 2.05) is 27.7 Å². The summed E-state index contributed by atoms with van der Waals surface area (Å²) in [4.78, 5) is 16.0. The molecular formula is C19H31FN4O2. The summed E-state index contributed by atoms with van der Waals surface area (Å²) in [5.74, 6) is 0.502. The van der Waals surface area contributed by atoms with Crippen molar-refractivity contribution in [2.75, 3.05) is 26.2 Å². The maximum atomic E-state index is 13.7. The van der Waals surface area contributed by atoms with E-state index in [-0.39, 0.29) is 29.5 Å². The van der Waals surface area contributed by atoms with Crippen molar-refractivity contribution < 1.29 is 13.9 Å². The lowest BCUT2D eigenvalue weighted by molar-refractivity contribution is -0.123. The summed E-state index contributed by atoms with van der Waals surface area (Å²) in [7, 11) is 0. The van der Waals surface area contributed by atoms with Crippen LogP contribution in [0.1, 0.15) is 34.1 Å². The molecule has 0 spiro atoms. The third-order valence-corrected chi connectivity index (χ3v) is 3.62. The summed E-state index contributed by atoms with van der Waals surface area (Å²) >= 11 is 0. The molecule has 1 aromatic rings. The number of carbonyl (C=O) groups is 1. The molecule has 0 saturated heterocycles. The van der Waals surface area contributed by atoms with Crippen LogP contribution >= 0.6 is 0 Å². The average molecular weight is 366 g/mol. The van der Waals surface area contributed by atoms with Crippen LogP contribution in [-0.2, 0) is 4.79 Å². The quantitative estimate of drug-likeness (QED) is 0.337. The van der Waals surface area contributed by atoms with Crippen LogP contribution in [0.25, 0.3) is 0 Å². The number of hydrogen-bond donors (Lipinski definition) is 3. The fourth-order valence-corrected chi connectivity index (χ4v) is 2.08. The Bertz CT molecular complexity index is 578. The third-order valence-electron chi connectivity index (χ3n) is 3.62. The van der Waals surface area contributed by atoms with E-state index >= 15 is 0 Å². The Labute approximate surface area is 155 Å². The fourth-order valence-electron chi connectivity index (χ4n) is 2.08. The van der Waals surface area contributed by atoms with Gasteiger partial charge in [-0.05, 0) is 25.5 Å². The van der Waals surface area contributed by atoms with E-state index in [0.717, 1.165) is 6.54 Å². The van der Waals surface area contributed by atoms with Gasteiger partial charge in [0.25, 0.3) is 0 Å². The van der Waals surface area contributed by atoms with Gasteiger partial charge in [0.2, 0.25) is 5.91 Å². The van der Waals surface area contributed by atoms with Crippen molar-refractivity contribution in [1.29, 1.82) is 0 Å². The molecule has 0 aliphatic carbocycles. The van der Waals surface area contributed by atoms with Gasteiger partial charge in [0.1, 0.15) is 6.10 Å². The molecule has 1 unspecified atom stereocenters. The summed E-state index contributed by atoms with van der Waals surface area (Å²) in [6.07, 6.45) is 0.491. The van der Waals surface area contributed by atoms with Crippen LogP contribution in [0.2, 0.25) is 0 Å². The van der Waals surface area contributed by atoms with Crippen molar-refractivity contribution in [3.8, 4) is 5.75 Å². The molecule has 3 N–H and O–H groups in total. The van der Waals surface area contributed by atoms with Gasteiger partial charge < -0.3 is 20.7 Å². The minimum Gasteiger partial charge on any atom is -0.485 e. The Morgan fingerprint density at radius 1 is 1.15 bits per heavy atom. The van der Waals surface area contributed by atoms with Gasteiger partial charge in [-0.15, -0.1) is 0 Å². The van der Waals surface area contributed by atoms with Crippen LogP contribution in [0.5, 0.6) is 5.75 Å². The molecule has 0 bridgehead atoms. The van der Waals surface area contributed by atoms with Crippen molar-refractivity contribution in [3.05, 3.63) is 30.1 Å². The second-order valence-electron chi connectivity index (χ2n) is 6.17. The average Bonchev–Trinajstić information content (AvgIpc) is 2.62. The molecule has 0 aromatic heterocycles. The summed E-state index contributed by atoms with van der Waals surface area (Å²) in [5, 5.41) is 9.15. The first-order valence-corrected chi connectivity index (χ1v) is 9.18. The highest BCUT2D eigenvalue weighted by Gasteiger charge is 2.11. The molecule has 1 atom stereocenters. The number of aliphatic imine (C=N–C) groups is 1. The molecule has 0 heterocycles. The van der Waals surface area contributed by atoms with Crippen LogP contribution in [0.15, 0.2) is 29.3 Å². The second kappa shape index (κ2) is 12.1. The maximum Gasteiger partial charge on any atom is 0.222 e. The molecule has 1 aromatic carbocycles. The zero-order chi connectivity index (χ0) is 19.4. The maximum absolute atomic E-state index is 13.7. The van der Waals surface area contributed by atoms with E-state index in [1.54, 1.807) is 18.2 Å². The van der Waals surface area contributed by atoms with Crippen molar-refractivity contribution >= 4 is 11.9 Å². The van der Waals surface area contributed by atoms with Crippen molar-refractivity contribution in [2.45, 2.75) is 40.2 Å². The Morgan fingerprint density at radius 2 is 1.85 bits per heavy atom. The Balaban J connectivity index is 2.52. The standard InChI is InChI=1S/C19H31FN4O2/c1-5-15(26-17-10-8-7-9-16(17)20)13-24-19(21-6-2)23-12-11-22-18(25)14(3)4/h7-10,14-15H,5-6,11-13H2,1-4H3,(H,22,25)(H2,21,23,24). The number of carbonyl (C=O) groups excluding carboxylic acids is 1. The first-order valence-electron chi connectivity index (χ1n) is 9.18. The molecule has 0 aliphatic heterocycles. The number of nitrogens with one attached hydrogen (secondary N) is 3. The largest absolute Gasteiger partial charge is 0.485 e. The highest BCUT2D eigenvalue weighted by molar-refractivity contribution is 5.80. The molecular weight excluding hydrogens is 335 g/mol. The summed E-state index contributed by atoms with van der Waals surface area (Å²) in [6, 6.07) is 6.36. The van der Waals surface area contributed by atoms with Gasteiger partial charge in [-0.3, -0.25) is 4.79 Å². The molecule has 0 aliphatic rings. The molecule has 146 valence electrons. The van der Waals surface area contributed by atoms with Crippen LogP contribution < -0.4 is 20.7 Å². The SMILES string of the molecule is CCNC(=NCC(CC)Oc1ccccc1F)NCCNC(=O)C(C)C. The normalized spacial score (nSPS) is 12.6. The number of hydrogen-bond acceptors (Lipinski definition) is 3.